The molecular weight excluding hydrogens is 400 g/mol. The summed E-state index contributed by atoms with van der Waals surface area (Å²) < 4.78 is 6.11. The second kappa shape index (κ2) is 11.0. The fraction of sp³-hybridized carbons (Fsp3) is 0.407. The Morgan fingerprint density at radius 2 is 1.66 bits per heavy atom. The lowest BCUT2D eigenvalue weighted by Gasteiger charge is -2.31. The number of para-hydroxylation sites is 1. The number of carbonyl (C=O) groups excluding carboxylic acids is 2. The number of nitrogens with zero attached hydrogens (tertiary/aromatic N) is 1. The van der Waals surface area contributed by atoms with Crippen molar-refractivity contribution in [3.63, 3.8) is 0 Å². The molecule has 1 aliphatic heterocycles. The monoisotopic (exact) mass is 434 g/mol. The Bertz CT molecular complexity index is 939. The Labute approximate surface area is 191 Å². The molecule has 170 valence electrons. The van der Waals surface area contributed by atoms with Crippen LogP contribution in [0.5, 0.6) is 5.75 Å². The minimum absolute atomic E-state index is 0.00743. The molecule has 1 N–H and O–H groups in total. The summed E-state index contributed by atoms with van der Waals surface area (Å²) in [5, 5.41) is 3.21. The number of carbonyl (C=O) groups is 2. The van der Waals surface area contributed by atoms with E-state index in [1.807, 2.05) is 55.5 Å². The predicted octanol–water partition coefficient (Wildman–Crippen LogP) is 4.63. The lowest BCUT2D eigenvalue weighted by molar-refractivity contribution is -0.126. The number of likely N-dealkylation sites (N-methyl/N-ethyl adjacent to an activating group) is 1. The van der Waals surface area contributed by atoms with Crippen molar-refractivity contribution in [2.24, 2.45) is 5.92 Å². The quantitative estimate of drug-likeness (QED) is 0.717. The van der Waals surface area contributed by atoms with Crippen molar-refractivity contribution in [2.75, 3.05) is 7.05 Å². The molecule has 3 atom stereocenters. The number of amides is 2. The molecule has 5 heteroatoms. The summed E-state index contributed by atoms with van der Waals surface area (Å²) in [5.41, 5.74) is 1.47. The van der Waals surface area contributed by atoms with Crippen LogP contribution in [0.1, 0.15) is 49.5 Å². The van der Waals surface area contributed by atoms with Gasteiger partial charge in [0.1, 0.15) is 11.8 Å². The molecule has 0 aromatic heterocycles. The van der Waals surface area contributed by atoms with Crippen LogP contribution in [0.3, 0.4) is 0 Å². The lowest BCUT2D eigenvalue weighted by atomic mass is 9.98. The zero-order chi connectivity index (χ0) is 23.1. The van der Waals surface area contributed by atoms with E-state index in [1.165, 1.54) is 0 Å². The molecule has 2 aromatic rings. The molecule has 5 nitrogen and oxygen atoms in total. The van der Waals surface area contributed by atoms with Crippen molar-refractivity contribution in [2.45, 2.75) is 58.2 Å². The Balaban J connectivity index is 2.00. The number of benzene rings is 2. The first kappa shape index (κ1) is 23.6. The van der Waals surface area contributed by atoms with Gasteiger partial charge in [-0.05, 0) is 37.0 Å². The van der Waals surface area contributed by atoms with E-state index >= 15 is 0 Å². The van der Waals surface area contributed by atoms with Crippen LogP contribution in [-0.2, 0) is 11.2 Å². The van der Waals surface area contributed by atoms with Crippen LogP contribution >= 0.6 is 0 Å². The molecule has 1 aliphatic rings. The number of rotatable bonds is 3. The highest BCUT2D eigenvalue weighted by atomic mass is 16.5. The number of hydrogen-bond donors (Lipinski definition) is 1. The Morgan fingerprint density at radius 1 is 1.00 bits per heavy atom. The summed E-state index contributed by atoms with van der Waals surface area (Å²) in [5.74, 6) is 0.448. The Hall–Kier alpha value is -3.08. The maximum Gasteiger partial charge on any atom is 0.258 e. The van der Waals surface area contributed by atoms with Gasteiger partial charge in [-0.3, -0.25) is 9.59 Å². The summed E-state index contributed by atoms with van der Waals surface area (Å²) in [7, 11) is 1.70. The van der Waals surface area contributed by atoms with Gasteiger partial charge in [0.05, 0.1) is 11.7 Å². The third-order valence-electron chi connectivity index (χ3n) is 5.97. The average molecular weight is 435 g/mol. The van der Waals surface area contributed by atoms with Crippen molar-refractivity contribution < 1.29 is 14.3 Å². The van der Waals surface area contributed by atoms with E-state index < -0.39 is 6.04 Å². The normalized spacial score (nSPS) is 23.7. The highest BCUT2D eigenvalue weighted by Gasteiger charge is 2.31. The highest BCUT2D eigenvalue weighted by molar-refractivity contribution is 5.99. The van der Waals surface area contributed by atoms with Crippen molar-refractivity contribution in [1.29, 1.82) is 0 Å². The van der Waals surface area contributed by atoms with Gasteiger partial charge >= 0.3 is 0 Å². The van der Waals surface area contributed by atoms with Crippen molar-refractivity contribution in [3.8, 4) is 5.75 Å². The van der Waals surface area contributed by atoms with E-state index in [0.29, 0.717) is 17.7 Å². The molecule has 2 amide bonds. The van der Waals surface area contributed by atoms with Crippen LogP contribution in [-0.4, -0.2) is 41.9 Å². The second-order valence-electron chi connectivity index (χ2n) is 8.85. The fourth-order valence-electron chi connectivity index (χ4n) is 3.89. The third kappa shape index (κ3) is 6.00. The van der Waals surface area contributed by atoms with Crippen LogP contribution < -0.4 is 10.1 Å². The van der Waals surface area contributed by atoms with E-state index in [-0.39, 0.29) is 29.9 Å². The zero-order valence-corrected chi connectivity index (χ0v) is 19.5. The number of nitrogens with one attached hydrogen (secondary N) is 1. The van der Waals surface area contributed by atoms with Gasteiger partial charge < -0.3 is 15.0 Å². The highest BCUT2D eigenvalue weighted by Crippen LogP contribution is 2.24. The smallest absolute Gasteiger partial charge is 0.258 e. The van der Waals surface area contributed by atoms with E-state index in [9.17, 15) is 9.59 Å². The molecule has 2 aromatic carbocycles. The minimum atomic E-state index is -0.636. The van der Waals surface area contributed by atoms with Crippen LogP contribution in [0.25, 0.3) is 0 Å². The summed E-state index contributed by atoms with van der Waals surface area (Å²) in [6, 6.07) is 16.4. The molecule has 0 radical (unpaired) electrons. The third-order valence-corrected chi connectivity index (χ3v) is 5.97. The van der Waals surface area contributed by atoms with Gasteiger partial charge in [0.2, 0.25) is 5.91 Å². The van der Waals surface area contributed by atoms with Crippen LogP contribution in [0.2, 0.25) is 0 Å². The van der Waals surface area contributed by atoms with E-state index in [4.69, 9.17) is 4.74 Å². The van der Waals surface area contributed by atoms with Crippen molar-refractivity contribution >= 4 is 11.8 Å². The number of hydrogen-bond acceptors (Lipinski definition) is 3. The fourth-order valence-corrected chi connectivity index (χ4v) is 3.89. The summed E-state index contributed by atoms with van der Waals surface area (Å²) >= 11 is 0. The Kier molecular flexibility index (Phi) is 8.09. The van der Waals surface area contributed by atoms with Gasteiger partial charge in [-0.15, -0.1) is 0 Å². The average Bonchev–Trinajstić information content (AvgIpc) is 2.78. The molecule has 3 rings (SSSR count). The van der Waals surface area contributed by atoms with Crippen LogP contribution in [0.15, 0.2) is 66.7 Å². The molecule has 0 bridgehead atoms. The molecule has 0 aliphatic carbocycles. The molecule has 0 fully saturated rings. The topological polar surface area (TPSA) is 58.6 Å². The van der Waals surface area contributed by atoms with Gasteiger partial charge in [-0.2, -0.15) is 0 Å². The van der Waals surface area contributed by atoms with E-state index in [1.54, 1.807) is 18.0 Å². The summed E-state index contributed by atoms with van der Waals surface area (Å²) in [6.07, 6.45) is 6.05. The van der Waals surface area contributed by atoms with E-state index in [0.717, 1.165) is 18.4 Å². The molecule has 0 unspecified atom stereocenters. The van der Waals surface area contributed by atoms with Crippen molar-refractivity contribution in [1.82, 2.24) is 10.2 Å². The first-order valence-electron chi connectivity index (χ1n) is 11.4. The Morgan fingerprint density at radius 3 is 2.38 bits per heavy atom. The second-order valence-corrected chi connectivity index (χ2v) is 8.85. The first-order valence-corrected chi connectivity index (χ1v) is 11.4. The standard InChI is InChI=1S/C27H34N2O3/c1-19(2)23-16-10-8-12-20(3)32-25-17-11-9-15-22(25)27(31)29(4)24(26(30)28-23)18-21-13-6-5-7-14-21/h5-11,13-15,17,19-20,23-24H,12,16,18H2,1-4H3,(H,28,30)/b10-8-/t20-,23+,24-/m1/s1. The molecular formula is C27H34N2O3. The minimum Gasteiger partial charge on any atom is -0.490 e. The van der Waals surface area contributed by atoms with Gasteiger partial charge in [-0.25, -0.2) is 0 Å². The van der Waals surface area contributed by atoms with Crippen molar-refractivity contribution in [3.05, 3.63) is 77.9 Å². The van der Waals surface area contributed by atoms with Gasteiger partial charge in [0.15, 0.2) is 0 Å². The maximum absolute atomic E-state index is 13.5. The number of fused-ring (bicyclic) bond motifs is 1. The SMILES string of the molecule is CC(C)[C@@H]1C/C=C\C[C@@H](C)Oc2ccccc2C(=O)N(C)[C@H](Cc2ccccc2)C(=O)N1. The molecule has 1 heterocycles. The first-order chi connectivity index (χ1) is 15.4. The van der Waals surface area contributed by atoms with E-state index in [2.05, 4.69) is 31.3 Å². The van der Waals surface area contributed by atoms with Crippen LogP contribution in [0, 0.1) is 5.92 Å². The summed E-state index contributed by atoms with van der Waals surface area (Å²) in [6.45, 7) is 6.21. The molecule has 0 saturated heterocycles. The van der Waals surface area contributed by atoms with Crippen LogP contribution in [0.4, 0.5) is 0 Å². The largest absolute Gasteiger partial charge is 0.490 e. The molecule has 32 heavy (non-hydrogen) atoms. The maximum atomic E-state index is 13.5. The summed E-state index contributed by atoms with van der Waals surface area (Å²) in [4.78, 5) is 28.5. The molecule has 0 saturated carbocycles. The predicted molar refractivity (Wildman–Crippen MR) is 128 cm³/mol. The van der Waals surface area contributed by atoms with Gasteiger partial charge in [0, 0.05) is 25.9 Å². The lowest BCUT2D eigenvalue weighted by Crippen LogP contribution is -2.52. The number of ether oxygens (including phenoxy) is 1. The molecule has 0 spiro atoms. The van der Waals surface area contributed by atoms with Gasteiger partial charge in [-0.1, -0.05) is 68.5 Å². The van der Waals surface area contributed by atoms with Gasteiger partial charge in [0.25, 0.3) is 5.91 Å². The zero-order valence-electron chi connectivity index (χ0n) is 19.5.